The van der Waals surface area contributed by atoms with Crippen molar-refractivity contribution in [3.63, 3.8) is 0 Å². The lowest BCUT2D eigenvalue weighted by Gasteiger charge is -2.09. The van der Waals surface area contributed by atoms with Gasteiger partial charge in [0.05, 0.1) is 6.26 Å². The molecule has 3 aromatic rings. The molecule has 7 heteroatoms. The summed E-state index contributed by atoms with van der Waals surface area (Å²) in [6.07, 6.45) is 1.41. The quantitative estimate of drug-likeness (QED) is 0.531. The number of benzene rings is 2. The standard InChI is InChI=1S/C20H16N2O5/c1-13(23)27-17-8-2-5-14(11-17)19(24)21-15-6-3-7-16(12-15)22-20(25)18-9-4-10-26-18/h2-12H,1H3,(H,21,24)(H,22,25). The summed E-state index contributed by atoms with van der Waals surface area (Å²) in [5.74, 6) is -0.759. The smallest absolute Gasteiger partial charge is 0.308 e. The average Bonchev–Trinajstić information content (AvgIpc) is 3.16. The van der Waals surface area contributed by atoms with Gasteiger partial charge in [0.15, 0.2) is 5.76 Å². The molecule has 7 nitrogen and oxygen atoms in total. The van der Waals surface area contributed by atoms with Crippen LogP contribution < -0.4 is 15.4 Å². The molecule has 0 unspecified atom stereocenters. The van der Waals surface area contributed by atoms with Gasteiger partial charge in [0.25, 0.3) is 11.8 Å². The van der Waals surface area contributed by atoms with Crippen molar-refractivity contribution in [3.05, 3.63) is 78.3 Å². The van der Waals surface area contributed by atoms with Gasteiger partial charge in [-0.15, -0.1) is 0 Å². The SMILES string of the molecule is CC(=O)Oc1cccc(C(=O)Nc2cccc(NC(=O)c3ccco3)c2)c1. The number of furan rings is 1. The number of ether oxygens (including phenoxy) is 1. The molecule has 0 fully saturated rings. The minimum absolute atomic E-state index is 0.187. The van der Waals surface area contributed by atoms with Gasteiger partial charge in [-0.05, 0) is 48.5 Å². The van der Waals surface area contributed by atoms with E-state index in [4.69, 9.17) is 9.15 Å². The van der Waals surface area contributed by atoms with Crippen molar-refractivity contribution in [1.82, 2.24) is 0 Å². The van der Waals surface area contributed by atoms with Crippen molar-refractivity contribution >= 4 is 29.2 Å². The fourth-order valence-electron chi connectivity index (χ4n) is 2.35. The molecule has 2 amide bonds. The van der Waals surface area contributed by atoms with Crippen LogP contribution in [0.5, 0.6) is 5.75 Å². The zero-order chi connectivity index (χ0) is 19.2. The maximum atomic E-state index is 12.4. The highest BCUT2D eigenvalue weighted by atomic mass is 16.5. The Morgan fingerprint density at radius 3 is 2.22 bits per heavy atom. The van der Waals surface area contributed by atoms with E-state index in [9.17, 15) is 14.4 Å². The van der Waals surface area contributed by atoms with Crippen molar-refractivity contribution in [2.45, 2.75) is 6.92 Å². The Morgan fingerprint density at radius 2 is 1.56 bits per heavy atom. The highest BCUT2D eigenvalue weighted by Crippen LogP contribution is 2.19. The maximum Gasteiger partial charge on any atom is 0.308 e. The van der Waals surface area contributed by atoms with E-state index in [1.807, 2.05) is 0 Å². The van der Waals surface area contributed by atoms with Gasteiger partial charge in [-0.1, -0.05) is 12.1 Å². The van der Waals surface area contributed by atoms with E-state index in [0.29, 0.717) is 16.9 Å². The minimum Gasteiger partial charge on any atom is -0.459 e. The van der Waals surface area contributed by atoms with E-state index in [2.05, 4.69) is 10.6 Å². The Morgan fingerprint density at radius 1 is 0.852 bits per heavy atom. The van der Waals surface area contributed by atoms with Crippen molar-refractivity contribution in [2.75, 3.05) is 10.6 Å². The zero-order valence-corrected chi connectivity index (χ0v) is 14.4. The first-order valence-corrected chi connectivity index (χ1v) is 8.06. The molecule has 3 rings (SSSR count). The number of hydrogen-bond acceptors (Lipinski definition) is 5. The summed E-state index contributed by atoms with van der Waals surface area (Å²) in [6.45, 7) is 1.29. The van der Waals surface area contributed by atoms with Gasteiger partial charge in [-0.25, -0.2) is 0 Å². The summed E-state index contributed by atoms with van der Waals surface area (Å²) >= 11 is 0. The van der Waals surface area contributed by atoms with Crippen LogP contribution in [0, 0.1) is 0 Å². The molecule has 2 aromatic carbocycles. The van der Waals surface area contributed by atoms with E-state index in [0.717, 1.165) is 0 Å². The number of carbonyl (C=O) groups is 3. The van der Waals surface area contributed by atoms with E-state index in [1.165, 1.54) is 19.3 Å². The topological polar surface area (TPSA) is 97.6 Å². The highest BCUT2D eigenvalue weighted by Gasteiger charge is 2.11. The molecular formula is C20H16N2O5. The number of nitrogens with one attached hydrogen (secondary N) is 2. The molecule has 136 valence electrons. The predicted octanol–water partition coefficient (Wildman–Crippen LogP) is 3.71. The van der Waals surface area contributed by atoms with Gasteiger partial charge in [0.2, 0.25) is 0 Å². The second kappa shape index (κ2) is 8.01. The molecule has 27 heavy (non-hydrogen) atoms. The summed E-state index contributed by atoms with van der Waals surface area (Å²) in [5.41, 5.74) is 1.33. The van der Waals surface area contributed by atoms with Crippen LogP contribution in [-0.4, -0.2) is 17.8 Å². The molecule has 0 spiro atoms. The maximum absolute atomic E-state index is 12.4. The van der Waals surface area contributed by atoms with E-state index < -0.39 is 11.9 Å². The minimum atomic E-state index is -0.465. The first kappa shape index (κ1) is 17.9. The molecule has 0 bridgehead atoms. The zero-order valence-electron chi connectivity index (χ0n) is 14.4. The number of carbonyl (C=O) groups excluding carboxylic acids is 3. The van der Waals surface area contributed by atoms with Crippen LogP contribution >= 0.6 is 0 Å². The van der Waals surface area contributed by atoms with E-state index in [-0.39, 0.29) is 17.4 Å². The van der Waals surface area contributed by atoms with E-state index in [1.54, 1.807) is 54.6 Å². The number of amides is 2. The predicted molar refractivity (Wildman–Crippen MR) is 98.8 cm³/mol. The number of rotatable bonds is 5. The number of anilines is 2. The lowest BCUT2D eigenvalue weighted by molar-refractivity contribution is -0.131. The van der Waals surface area contributed by atoms with Crippen molar-refractivity contribution in [1.29, 1.82) is 0 Å². The normalized spacial score (nSPS) is 10.1. The fraction of sp³-hybridized carbons (Fsp3) is 0.0500. The Hall–Kier alpha value is -3.87. The van der Waals surface area contributed by atoms with Crippen LogP contribution in [0.3, 0.4) is 0 Å². The van der Waals surface area contributed by atoms with Gasteiger partial charge >= 0.3 is 5.97 Å². The van der Waals surface area contributed by atoms with Gasteiger partial charge in [-0.3, -0.25) is 14.4 Å². The van der Waals surface area contributed by atoms with Crippen molar-refractivity contribution in [2.24, 2.45) is 0 Å². The second-order valence-corrected chi connectivity index (χ2v) is 5.59. The molecule has 2 N–H and O–H groups in total. The largest absolute Gasteiger partial charge is 0.459 e. The van der Waals surface area contributed by atoms with Crippen LogP contribution in [0.2, 0.25) is 0 Å². The molecule has 1 aromatic heterocycles. The lowest BCUT2D eigenvalue weighted by atomic mass is 10.2. The van der Waals surface area contributed by atoms with Gasteiger partial charge in [0.1, 0.15) is 5.75 Å². The molecule has 0 aliphatic rings. The molecule has 0 aliphatic heterocycles. The molecule has 0 saturated carbocycles. The first-order valence-electron chi connectivity index (χ1n) is 8.06. The first-order chi connectivity index (χ1) is 13.0. The third-order valence-corrected chi connectivity index (χ3v) is 3.48. The Balaban J connectivity index is 1.69. The third-order valence-electron chi connectivity index (χ3n) is 3.48. The lowest BCUT2D eigenvalue weighted by Crippen LogP contribution is -2.14. The monoisotopic (exact) mass is 364 g/mol. The number of esters is 1. The Bertz CT molecular complexity index is 980. The third kappa shape index (κ3) is 4.82. The highest BCUT2D eigenvalue weighted by molar-refractivity contribution is 6.05. The molecule has 0 saturated heterocycles. The molecule has 0 atom stereocenters. The molecule has 1 heterocycles. The summed E-state index contributed by atoms with van der Waals surface area (Å²) in [7, 11) is 0. The van der Waals surface area contributed by atoms with Crippen LogP contribution in [-0.2, 0) is 4.79 Å². The number of hydrogen-bond donors (Lipinski definition) is 2. The van der Waals surface area contributed by atoms with Crippen molar-refractivity contribution in [3.8, 4) is 5.75 Å². The average molecular weight is 364 g/mol. The van der Waals surface area contributed by atoms with Gasteiger partial charge in [0, 0.05) is 23.9 Å². The molecule has 0 aliphatic carbocycles. The fourth-order valence-corrected chi connectivity index (χ4v) is 2.35. The summed E-state index contributed by atoms with van der Waals surface area (Å²) < 4.78 is 10.0. The summed E-state index contributed by atoms with van der Waals surface area (Å²) in [5, 5.41) is 5.42. The second-order valence-electron chi connectivity index (χ2n) is 5.59. The van der Waals surface area contributed by atoms with Crippen LogP contribution in [0.25, 0.3) is 0 Å². The van der Waals surface area contributed by atoms with Gasteiger partial charge in [-0.2, -0.15) is 0 Å². The van der Waals surface area contributed by atoms with Crippen LogP contribution in [0.4, 0.5) is 11.4 Å². The Labute approximate surface area is 154 Å². The Kier molecular flexibility index (Phi) is 5.32. The van der Waals surface area contributed by atoms with Gasteiger partial charge < -0.3 is 19.8 Å². The van der Waals surface area contributed by atoms with Crippen molar-refractivity contribution < 1.29 is 23.5 Å². The summed E-state index contributed by atoms with van der Waals surface area (Å²) in [4.78, 5) is 35.5. The van der Waals surface area contributed by atoms with Crippen LogP contribution in [0.1, 0.15) is 27.8 Å². The van der Waals surface area contributed by atoms with E-state index >= 15 is 0 Å². The molecule has 0 radical (unpaired) electrons. The molecular weight excluding hydrogens is 348 g/mol. The summed E-state index contributed by atoms with van der Waals surface area (Å²) in [6, 6.07) is 16.2. The van der Waals surface area contributed by atoms with Crippen LogP contribution in [0.15, 0.2) is 71.3 Å².